The molecule has 1 saturated heterocycles. The van der Waals surface area contributed by atoms with Gasteiger partial charge < -0.3 is 15.4 Å². The minimum Gasteiger partial charge on any atom is -0.377 e. The Morgan fingerprint density at radius 3 is 2.61 bits per heavy atom. The van der Waals surface area contributed by atoms with Gasteiger partial charge in [0.05, 0.1) is 17.5 Å². The van der Waals surface area contributed by atoms with Gasteiger partial charge in [-0.25, -0.2) is 18.1 Å². The summed E-state index contributed by atoms with van der Waals surface area (Å²) in [5, 5.41) is 6.68. The highest BCUT2D eigenvalue weighted by atomic mass is 32.2. The fraction of sp³-hybridized carbons (Fsp3) is 0.550. The van der Waals surface area contributed by atoms with Gasteiger partial charge in [-0.05, 0) is 50.3 Å². The summed E-state index contributed by atoms with van der Waals surface area (Å²) in [6.45, 7) is 4.34. The fourth-order valence-electron chi connectivity index (χ4n) is 3.28. The van der Waals surface area contributed by atoms with E-state index in [9.17, 15) is 8.42 Å². The van der Waals surface area contributed by atoms with Crippen LogP contribution in [0.25, 0.3) is 0 Å². The van der Waals surface area contributed by atoms with Crippen LogP contribution in [0.3, 0.4) is 0 Å². The van der Waals surface area contributed by atoms with Gasteiger partial charge in [-0.15, -0.1) is 0 Å². The second-order valence-electron chi connectivity index (χ2n) is 7.11. The first-order valence-electron chi connectivity index (χ1n) is 9.97. The summed E-state index contributed by atoms with van der Waals surface area (Å²) < 4.78 is 33.0. The molecule has 0 radical (unpaired) electrons. The average molecular weight is 407 g/mol. The van der Waals surface area contributed by atoms with Crippen molar-refractivity contribution >= 4 is 16.0 Å². The molecule has 0 saturated carbocycles. The highest BCUT2D eigenvalue weighted by molar-refractivity contribution is 7.89. The number of rotatable bonds is 8. The molecule has 1 heterocycles. The lowest BCUT2D eigenvalue weighted by atomic mass is 10.2. The van der Waals surface area contributed by atoms with Crippen molar-refractivity contribution in [3.05, 3.63) is 42.0 Å². The molecular weight excluding hydrogens is 376 g/mol. The van der Waals surface area contributed by atoms with Crippen molar-refractivity contribution in [2.24, 2.45) is 4.99 Å². The Morgan fingerprint density at radius 2 is 1.96 bits per heavy atom. The number of sulfonamides is 1. The quantitative estimate of drug-likeness (QED) is 0.349. The maximum atomic E-state index is 12.4. The number of ether oxygens (including phenoxy) is 1. The predicted octanol–water partition coefficient (Wildman–Crippen LogP) is 1.92. The summed E-state index contributed by atoms with van der Waals surface area (Å²) >= 11 is 0. The molecule has 1 atom stereocenters. The fourth-order valence-corrected chi connectivity index (χ4v) is 4.35. The van der Waals surface area contributed by atoms with Crippen molar-refractivity contribution in [3.63, 3.8) is 0 Å². The number of aliphatic imine (C=N–C) groups is 1. The van der Waals surface area contributed by atoms with Crippen molar-refractivity contribution in [2.45, 2.75) is 56.2 Å². The molecule has 1 aromatic carbocycles. The summed E-state index contributed by atoms with van der Waals surface area (Å²) in [6, 6.07) is 7.27. The van der Waals surface area contributed by atoms with E-state index >= 15 is 0 Å². The molecule has 28 heavy (non-hydrogen) atoms. The monoisotopic (exact) mass is 406 g/mol. The topological polar surface area (TPSA) is 91.8 Å². The van der Waals surface area contributed by atoms with E-state index < -0.39 is 10.0 Å². The van der Waals surface area contributed by atoms with Crippen LogP contribution in [0, 0.1) is 0 Å². The van der Waals surface area contributed by atoms with Gasteiger partial charge >= 0.3 is 0 Å². The molecule has 8 heteroatoms. The SMILES string of the molecule is CCNC(=NCc1ccc(S(=O)(=O)NCC2CCCO2)cc1)NC1CC=CC1. The van der Waals surface area contributed by atoms with E-state index in [4.69, 9.17) is 4.74 Å². The lowest BCUT2D eigenvalue weighted by Crippen LogP contribution is -2.42. The maximum absolute atomic E-state index is 12.4. The molecule has 0 aromatic heterocycles. The van der Waals surface area contributed by atoms with Crippen LogP contribution in [0.15, 0.2) is 46.3 Å². The minimum absolute atomic E-state index is 0.0181. The van der Waals surface area contributed by atoms with E-state index in [0.29, 0.717) is 25.7 Å². The predicted molar refractivity (Wildman–Crippen MR) is 111 cm³/mol. The van der Waals surface area contributed by atoms with Crippen molar-refractivity contribution in [3.8, 4) is 0 Å². The maximum Gasteiger partial charge on any atom is 0.240 e. The first-order valence-corrected chi connectivity index (χ1v) is 11.4. The van der Waals surface area contributed by atoms with Crippen LogP contribution in [0.4, 0.5) is 0 Å². The van der Waals surface area contributed by atoms with E-state index in [0.717, 1.165) is 43.8 Å². The van der Waals surface area contributed by atoms with Gasteiger partial charge in [-0.3, -0.25) is 0 Å². The molecule has 1 aliphatic carbocycles. The van der Waals surface area contributed by atoms with Gasteiger partial charge in [0, 0.05) is 25.7 Å². The van der Waals surface area contributed by atoms with E-state index in [1.807, 2.05) is 19.1 Å². The third-order valence-electron chi connectivity index (χ3n) is 4.87. The number of benzene rings is 1. The zero-order chi connectivity index (χ0) is 19.8. The highest BCUT2D eigenvalue weighted by Gasteiger charge is 2.20. The largest absolute Gasteiger partial charge is 0.377 e. The third-order valence-corrected chi connectivity index (χ3v) is 6.31. The van der Waals surface area contributed by atoms with E-state index in [2.05, 4.69) is 32.5 Å². The smallest absolute Gasteiger partial charge is 0.240 e. The Morgan fingerprint density at radius 1 is 1.21 bits per heavy atom. The summed E-state index contributed by atoms with van der Waals surface area (Å²) in [7, 11) is -3.52. The highest BCUT2D eigenvalue weighted by Crippen LogP contribution is 2.14. The zero-order valence-corrected chi connectivity index (χ0v) is 17.2. The molecule has 7 nitrogen and oxygen atoms in total. The molecular formula is C20H30N4O3S. The number of hydrogen-bond donors (Lipinski definition) is 3. The Kier molecular flexibility index (Phi) is 7.47. The van der Waals surface area contributed by atoms with Gasteiger partial charge in [0.1, 0.15) is 0 Å². The van der Waals surface area contributed by atoms with Crippen LogP contribution in [-0.4, -0.2) is 46.2 Å². The lowest BCUT2D eigenvalue weighted by molar-refractivity contribution is 0.114. The lowest BCUT2D eigenvalue weighted by Gasteiger charge is -2.16. The third kappa shape index (κ3) is 6.05. The Bertz CT molecular complexity index is 776. The van der Waals surface area contributed by atoms with Gasteiger partial charge in [-0.1, -0.05) is 24.3 Å². The van der Waals surface area contributed by atoms with Gasteiger partial charge in [0.15, 0.2) is 5.96 Å². The zero-order valence-electron chi connectivity index (χ0n) is 16.4. The summed E-state index contributed by atoms with van der Waals surface area (Å²) in [5.41, 5.74) is 0.958. The number of nitrogens with one attached hydrogen (secondary N) is 3. The summed E-state index contributed by atoms with van der Waals surface area (Å²) in [4.78, 5) is 4.88. The molecule has 3 N–H and O–H groups in total. The van der Waals surface area contributed by atoms with Crippen LogP contribution < -0.4 is 15.4 Å². The second-order valence-corrected chi connectivity index (χ2v) is 8.88. The number of guanidine groups is 1. The molecule has 1 unspecified atom stereocenters. The Balaban J connectivity index is 1.56. The van der Waals surface area contributed by atoms with E-state index in [1.54, 1.807) is 12.1 Å². The van der Waals surface area contributed by atoms with Crippen molar-refractivity contribution in [1.29, 1.82) is 0 Å². The van der Waals surface area contributed by atoms with Crippen LogP contribution in [-0.2, 0) is 21.3 Å². The Labute approximate surface area is 167 Å². The van der Waals surface area contributed by atoms with Crippen LogP contribution >= 0.6 is 0 Å². The first-order chi connectivity index (χ1) is 13.6. The van der Waals surface area contributed by atoms with E-state index in [1.165, 1.54) is 0 Å². The average Bonchev–Trinajstić information content (AvgIpc) is 3.39. The molecule has 0 spiro atoms. The van der Waals surface area contributed by atoms with Gasteiger partial charge in [-0.2, -0.15) is 0 Å². The standard InChI is InChI=1S/C20H30N4O3S/c1-2-21-20(24-17-6-3-4-7-17)22-14-16-9-11-19(12-10-16)28(25,26)23-15-18-8-5-13-27-18/h3-4,9-12,17-18,23H,2,5-8,13-15H2,1H3,(H2,21,22,24). The molecule has 0 bridgehead atoms. The van der Waals surface area contributed by atoms with Crippen molar-refractivity contribution in [1.82, 2.24) is 15.4 Å². The van der Waals surface area contributed by atoms with Crippen molar-refractivity contribution < 1.29 is 13.2 Å². The number of hydrogen-bond acceptors (Lipinski definition) is 4. The van der Waals surface area contributed by atoms with Crippen LogP contribution in [0.2, 0.25) is 0 Å². The first kappa shape index (κ1) is 20.8. The Hall–Kier alpha value is -1.90. The summed E-state index contributed by atoms with van der Waals surface area (Å²) in [5.74, 6) is 0.783. The molecule has 2 aliphatic rings. The molecule has 3 rings (SSSR count). The number of nitrogens with zero attached hydrogens (tertiary/aromatic N) is 1. The molecule has 1 aliphatic heterocycles. The second kappa shape index (κ2) is 10.0. The molecule has 1 fully saturated rings. The molecule has 0 amide bonds. The van der Waals surface area contributed by atoms with Gasteiger partial charge in [0.25, 0.3) is 0 Å². The normalized spacial score (nSPS) is 20.6. The minimum atomic E-state index is -3.52. The van der Waals surface area contributed by atoms with E-state index in [-0.39, 0.29) is 11.0 Å². The van der Waals surface area contributed by atoms with Crippen LogP contribution in [0.1, 0.15) is 38.2 Å². The van der Waals surface area contributed by atoms with Crippen LogP contribution in [0.5, 0.6) is 0 Å². The van der Waals surface area contributed by atoms with Crippen molar-refractivity contribution in [2.75, 3.05) is 19.7 Å². The summed E-state index contributed by atoms with van der Waals surface area (Å²) in [6.07, 6.45) is 8.24. The molecule has 1 aromatic rings. The van der Waals surface area contributed by atoms with Gasteiger partial charge in [0.2, 0.25) is 10.0 Å². The molecule has 154 valence electrons.